The molecule has 2 amide bonds. The van der Waals surface area contributed by atoms with Crippen LogP contribution in [0.2, 0.25) is 0 Å². The fourth-order valence-corrected chi connectivity index (χ4v) is 4.42. The van der Waals surface area contributed by atoms with E-state index in [0.717, 1.165) is 10.4 Å². The molecule has 0 aromatic carbocycles. The number of carbonyl (C=O) groups excluding carboxylic acids is 2. The van der Waals surface area contributed by atoms with Crippen LogP contribution >= 0.6 is 11.3 Å². The Hall–Kier alpha value is -3.46. The summed E-state index contributed by atoms with van der Waals surface area (Å²) in [7, 11) is 1.77. The van der Waals surface area contributed by atoms with Gasteiger partial charge in [0.25, 0.3) is 11.8 Å². The van der Waals surface area contributed by atoms with Gasteiger partial charge in [-0.2, -0.15) is 5.10 Å². The minimum absolute atomic E-state index is 0.334. The third-order valence-electron chi connectivity index (χ3n) is 4.85. The molecule has 0 aliphatic rings. The SMILES string of the molecule is Cc1sc(NC(=O)c2cc(-c3ccco3)nc3c2c(C)nn3C)c(C(N)=O)c1C. The van der Waals surface area contributed by atoms with Crippen molar-refractivity contribution < 1.29 is 14.0 Å². The molecule has 148 valence electrons. The van der Waals surface area contributed by atoms with Crippen LogP contribution in [-0.2, 0) is 7.05 Å². The van der Waals surface area contributed by atoms with Gasteiger partial charge in [-0.15, -0.1) is 11.3 Å². The number of rotatable bonds is 4. The maximum absolute atomic E-state index is 13.3. The molecular formula is C20H19N5O3S. The summed E-state index contributed by atoms with van der Waals surface area (Å²) in [5, 5.41) is 8.33. The zero-order chi connectivity index (χ0) is 20.9. The van der Waals surface area contributed by atoms with Crippen LogP contribution in [-0.4, -0.2) is 26.6 Å². The lowest BCUT2D eigenvalue weighted by Crippen LogP contribution is -2.18. The number of nitrogens with zero attached hydrogens (tertiary/aromatic N) is 3. The molecule has 4 aromatic rings. The largest absolute Gasteiger partial charge is 0.463 e. The standard InChI is InChI=1S/C20H19N5O3S/c1-9-11(3)29-20(15(9)17(21)26)23-19(27)12-8-13(14-6-5-7-28-14)22-18-16(12)10(2)24-25(18)4/h5-8H,1-4H3,(H2,21,26)(H,23,27). The molecule has 3 N–H and O–H groups in total. The Bertz CT molecular complexity index is 1270. The third-order valence-corrected chi connectivity index (χ3v) is 5.97. The second kappa shape index (κ2) is 6.85. The summed E-state index contributed by atoms with van der Waals surface area (Å²) in [6.45, 7) is 5.52. The number of nitrogens with two attached hydrogens (primary N) is 1. The van der Waals surface area contributed by atoms with Crippen molar-refractivity contribution in [1.29, 1.82) is 0 Å². The zero-order valence-electron chi connectivity index (χ0n) is 16.4. The van der Waals surface area contributed by atoms with Crippen molar-refractivity contribution in [3.05, 3.63) is 51.7 Å². The van der Waals surface area contributed by atoms with Crippen molar-refractivity contribution in [2.45, 2.75) is 20.8 Å². The number of thiophene rings is 1. The lowest BCUT2D eigenvalue weighted by Gasteiger charge is -2.08. The van der Waals surface area contributed by atoms with E-state index in [2.05, 4.69) is 15.4 Å². The summed E-state index contributed by atoms with van der Waals surface area (Å²) >= 11 is 1.32. The van der Waals surface area contributed by atoms with Crippen molar-refractivity contribution in [2.24, 2.45) is 12.8 Å². The number of aryl methyl sites for hydroxylation is 3. The van der Waals surface area contributed by atoms with Crippen LogP contribution in [0.15, 0.2) is 28.9 Å². The number of anilines is 1. The molecule has 8 nitrogen and oxygen atoms in total. The molecule has 0 fully saturated rings. The number of pyridine rings is 1. The number of carbonyl (C=O) groups is 2. The smallest absolute Gasteiger partial charge is 0.257 e. The van der Waals surface area contributed by atoms with Gasteiger partial charge in [-0.3, -0.25) is 14.3 Å². The third kappa shape index (κ3) is 3.09. The Labute approximate surface area is 170 Å². The molecule has 9 heteroatoms. The molecule has 4 heterocycles. The molecule has 29 heavy (non-hydrogen) atoms. The quantitative estimate of drug-likeness (QED) is 0.534. The number of primary amides is 1. The highest BCUT2D eigenvalue weighted by Crippen LogP contribution is 2.33. The first-order valence-electron chi connectivity index (χ1n) is 8.87. The number of furan rings is 1. The van der Waals surface area contributed by atoms with Gasteiger partial charge < -0.3 is 15.5 Å². The van der Waals surface area contributed by atoms with Crippen LogP contribution in [0.5, 0.6) is 0 Å². The minimum Gasteiger partial charge on any atom is -0.463 e. The van der Waals surface area contributed by atoms with E-state index in [1.165, 1.54) is 11.3 Å². The highest BCUT2D eigenvalue weighted by molar-refractivity contribution is 7.16. The Morgan fingerprint density at radius 2 is 2.03 bits per heavy atom. The Balaban J connectivity index is 1.86. The number of nitrogens with one attached hydrogen (secondary N) is 1. The van der Waals surface area contributed by atoms with Gasteiger partial charge in [0.1, 0.15) is 10.7 Å². The number of amides is 2. The number of fused-ring (bicyclic) bond motifs is 1. The van der Waals surface area contributed by atoms with Gasteiger partial charge in [0.2, 0.25) is 0 Å². The average molecular weight is 409 g/mol. The highest BCUT2D eigenvalue weighted by Gasteiger charge is 2.23. The molecule has 0 unspecified atom stereocenters. The van der Waals surface area contributed by atoms with Gasteiger partial charge in [-0.05, 0) is 44.5 Å². The van der Waals surface area contributed by atoms with Crippen molar-refractivity contribution >= 4 is 39.2 Å². The number of hydrogen-bond donors (Lipinski definition) is 2. The fraction of sp³-hybridized carbons (Fsp3) is 0.200. The monoisotopic (exact) mass is 409 g/mol. The van der Waals surface area contributed by atoms with E-state index >= 15 is 0 Å². The topological polar surface area (TPSA) is 116 Å². The van der Waals surface area contributed by atoms with E-state index in [4.69, 9.17) is 10.2 Å². The van der Waals surface area contributed by atoms with E-state index in [9.17, 15) is 9.59 Å². The molecule has 0 radical (unpaired) electrons. The molecule has 0 saturated carbocycles. The highest BCUT2D eigenvalue weighted by atomic mass is 32.1. The van der Waals surface area contributed by atoms with Crippen LogP contribution in [0.1, 0.15) is 36.9 Å². The molecule has 0 aliphatic carbocycles. The lowest BCUT2D eigenvalue weighted by molar-refractivity contribution is 0.100. The Morgan fingerprint density at radius 1 is 1.28 bits per heavy atom. The molecule has 0 bridgehead atoms. The van der Waals surface area contributed by atoms with Crippen LogP contribution < -0.4 is 11.1 Å². The summed E-state index contributed by atoms with van der Waals surface area (Å²) in [4.78, 5) is 30.7. The summed E-state index contributed by atoms with van der Waals surface area (Å²) in [6.07, 6.45) is 1.55. The lowest BCUT2D eigenvalue weighted by atomic mass is 10.1. The van der Waals surface area contributed by atoms with E-state index in [1.807, 2.05) is 20.8 Å². The first kappa shape index (κ1) is 18.9. The van der Waals surface area contributed by atoms with Crippen molar-refractivity contribution in [3.63, 3.8) is 0 Å². The van der Waals surface area contributed by atoms with Crippen molar-refractivity contribution in [1.82, 2.24) is 14.8 Å². The van der Waals surface area contributed by atoms with E-state index < -0.39 is 5.91 Å². The fourth-order valence-electron chi connectivity index (χ4n) is 3.36. The molecule has 0 atom stereocenters. The van der Waals surface area contributed by atoms with Gasteiger partial charge in [-0.25, -0.2) is 4.98 Å². The summed E-state index contributed by atoms with van der Waals surface area (Å²) in [6, 6.07) is 5.20. The normalized spacial score (nSPS) is 11.2. The van der Waals surface area contributed by atoms with Crippen LogP contribution in [0.3, 0.4) is 0 Å². The second-order valence-corrected chi connectivity index (χ2v) is 7.97. The zero-order valence-corrected chi connectivity index (χ0v) is 17.2. The van der Waals surface area contributed by atoms with E-state index in [-0.39, 0.29) is 5.91 Å². The Kier molecular flexibility index (Phi) is 4.46. The van der Waals surface area contributed by atoms with E-state index in [1.54, 1.807) is 36.2 Å². The maximum Gasteiger partial charge on any atom is 0.257 e. The minimum atomic E-state index is -0.573. The van der Waals surface area contributed by atoms with Crippen LogP contribution in [0.4, 0.5) is 5.00 Å². The molecule has 0 saturated heterocycles. The summed E-state index contributed by atoms with van der Waals surface area (Å²) in [5.74, 6) is -0.402. The van der Waals surface area contributed by atoms with Gasteiger partial charge in [0, 0.05) is 11.9 Å². The van der Waals surface area contributed by atoms with Gasteiger partial charge in [-0.1, -0.05) is 0 Å². The number of aromatic nitrogens is 3. The van der Waals surface area contributed by atoms with Crippen LogP contribution in [0, 0.1) is 20.8 Å². The first-order chi connectivity index (χ1) is 13.8. The van der Waals surface area contributed by atoms with Crippen LogP contribution in [0.25, 0.3) is 22.5 Å². The summed E-state index contributed by atoms with van der Waals surface area (Å²) in [5.41, 5.74) is 8.79. The predicted molar refractivity (Wildman–Crippen MR) is 111 cm³/mol. The predicted octanol–water partition coefficient (Wildman–Crippen LogP) is 3.57. The van der Waals surface area contributed by atoms with Gasteiger partial charge in [0.05, 0.1) is 28.5 Å². The molecular weight excluding hydrogens is 390 g/mol. The molecule has 4 aromatic heterocycles. The van der Waals surface area contributed by atoms with Crippen molar-refractivity contribution in [3.8, 4) is 11.5 Å². The number of hydrogen-bond acceptors (Lipinski definition) is 6. The van der Waals surface area contributed by atoms with E-state index in [0.29, 0.717) is 44.3 Å². The molecule has 0 spiro atoms. The molecule has 0 aliphatic heterocycles. The average Bonchev–Trinajstić information content (AvgIpc) is 3.35. The van der Waals surface area contributed by atoms with Crippen molar-refractivity contribution in [2.75, 3.05) is 5.32 Å². The van der Waals surface area contributed by atoms with Gasteiger partial charge >= 0.3 is 0 Å². The maximum atomic E-state index is 13.3. The first-order valence-corrected chi connectivity index (χ1v) is 9.69. The Morgan fingerprint density at radius 3 is 2.69 bits per heavy atom. The van der Waals surface area contributed by atoms with Gasteiger partial charge in [0.15, 0.2) is 11.4 Å². The second-order valence-electron chi connectivity index (χ2n) is 6.75. The summed E-state index contributed by atoms with van der Waals surface area (Å²) < 4.78 is 7.08. The molecule has 4 rings (SSSR count).